The van der Waals surface area contributed by atoms with Crippen LogP contribution in [0, 0.1) is 0 Å². The highest BCUT2D eigenvalue weighted by Gasteiger charge is 2.28. The molecule has 0 unspecified atom stereocenters. The normalized spacial score (nSPS) is 21.6. The van der Waals surface area contributed by atoms with Crippen LogP contribution in [0.15, 0.2) is 29.4 Å². The summed E-state index contributed by atoms with van der Waals surface area (Å²) in [6.45, 7) is 4.79. The number of rotatable bonds is 5. The number of nitrogens with one attached hydrogen (secondary N) is 1. The van der Waals surface area contributed by atoms with E-state index in [2.05, 4.69) is 15.4 Å². The molecule has 0 bridgehead atoms. The van der Waals surface area contributed by atoms with Gasteiger partial charge in [0.2, 0.25) is 6.10 Å². The van der Waals surface area contributed by atoms with Crippen LogP contribution in [0.1, 0.15) is 12.0 Å². The molecule has 0 saturated carbocycles. The van der Waals surface area contributed by atoms with E-state index in [-0.39, 0.29) is 5.91 Å². The molecular formula is C16H20ClN3O3. The zero-order chi connectivity index (χ0) is 16.1. The fourth-order valence-electron chi connectivity index (χ4n) is 2.61. The van der Waals surface area contributed by atoms with Crippen molar-refractivity contribution < 1.29 is 14.4 Å². The Morgan fingerprint density at radius 3 is 2.78 bits per heavy atom. The third kappa shape index (κ3) is 4.43. The summed E-state index contributed by atoms with van der Waals surface area (Å²) in [5.41, 5.74) is 1.70. The Labute approximate surface area is 140 Å². The molecule has 23 heavy (non-hydrogen) atoms. The Morgan fingerprint density at radius 1 is 1.30 bits per heavy atom. The van der Waals surface area contributed by atoms with Crippen LogP contribution in [0.25, 0.3) is 0 Å². The Kier molecular flexibility index (Phi) is 5.48. The minimum absolute atomic E-state index is 0.119. The maximum atomic E-state index is 12.1. The monoisotopic (exact) mass is 337 g/mol. The number of morpholine rings is 1. The molecule has 1 fully saturated rings. The Hall–Kier alpha value is -1.63. The maximum Gasteiger partial charge on any atom is 0.264 e. The van der Waals surface area contributed by atoms with Crippen LogP contribution in [0.4, 0.5) is 0 Å². The first-order chi connectivity index (χ1) is 11.2. The van der Waals surface area contributed by atoms with E-state index in [0.29, 0.717) is 18.0 Å². The number of carbonyl (C=O) groups is 1. The van der Waals surface area contributed by atoms with E-state index in [1.54, 1.807) is 12.1 Å². The number of oxime groups is 1. The number of halogens is 1. The van der Waals surface area contributed by atoms with E-state index in [1.807, 2.05) is 12.1 Å². The van der Waals surface area contributed by atoms with Crippen LogP contribution in [0.2, 0.25) is 5.02 Å². The summed E-state index contributed by atoms with van der Waals surface area (Å²) >= 11 is 5.87. The second-order valence-corrected chi connectivity index (χ2v) is 6.02. The van der Waals surface area contributed by atoms with Gasteiger partial charge >= 0.3 is 0 Å². The van der Waals surface area contributed by atoms with Gasteiger partial charge in [0, 0.05) is 37.6 Å². The minimum Gasteiger partial charge on any atom is -0.382 e. The number of benzene rings is 1. The van der Waals surface area contributed by atoms with Gasteiger partial charge in [-0.2, -0.15) is 0 Å². The number of ether oxygens (including phenoxy) is 1. The van der Waals surface area contributed by atoms with Gasteiger partial charge in [0.05, 0.1) is 18.9 Å². The van der Waals surface area contributed by atoms with Gasteiger partial charge in [-0.3, -0.25) is 9.69 Å². The van der Waals surface area contributed by atoms with Gasteiger partial charge in [0.25, 0.3) is 5.91 Å². The highest BCUT2D eigenvalue weighted by atomic mass is 35.5. The maximum absolute atomic E-state index is 12.1. The summed E-state index contributed by atoms with van der Waals surface area (Å²) < 4.78 is 5.30. The summed E-state index contributed by atoms with van der Waals surface area (Å²) in [6.07, 6.45) is -0.0734. The minimum atomic E-state index is -0.551. The molecule has 2 aliphatic rings. The molecule has 124 valence electrons. The zero-order valence-corrected chi connectivity index (χ0v) is 13.6. The lowest BCUT2D eigenvalue weighted by Gasteiger charge is -2.26. The molecule has 0 aromatic heterocycles. The summed E-state index contributed by atoms with van der Waals surface area (Å²) in [5.74, 6) is -0.119. The number of carbonyl (C=O) groups excluding carboxylic acids is 1. The first-order valence-electron chi connectivity index (χ1n) is 7.79. The SMILES string of the molecule is O=C(NCCN1CCOCC1)[C@H]1CC(c2ccc(Cl)cc2)=NO1. The van der Waals surface area contributed by atoms with Crippen molar-refractivity contribution in [2.24, 2.45) is 5.16 Å². The van der Waals surface area contributed by atoms with Gasteiger partial charge in [-0.1, -0.05) is 28.9 Å². The molecule has 0 aliphatic carbocycles. The molecule has 2 aliphatic heterocycles. The molecule has 1 N–H and O–H groups in total. The third-order valence-corrected chi connectivity index (χ3v) is 4.22. The lowest BCUT2D eigenvalue weighted by Crippen LogP contribution is -2.43. The molecular weight excluding hydrogens is 318 g/mol. The molecule has 1 saturated heterocycles. The number of hydrogen-bond donors (Lipinski definition) is 1. The topological polar surface area (TPSA) is 63.2 Å². The lowest BCUT2D eigenvalue weighted by atomic mass is 10.0. The van der Waals surface area contributed by atoms with Crippen molar-refractivity contribution in [1.29, 1.82) is 0 Å². The molecule has 3 rings (SSSR count). The first kappa shape index (κ1) is 16.2. The lowest BCUT2D eigenvalue weighted by molar-refractivity contribution is -0.131. The Bertz CT molecular complexity index is 570. The van der Waals surface area contributed by atoms with Gasteiger partial charge in [0.15, 0.2) is 0 Å². The van der Waals surface area contributed by atoms with E-state index >= 15 is 0 Å². The number of amides is 1. The van der Waals surface area contributed by atoms with E-state index in [1.165, 1.54) is 0 Å². The molecule has 1 aromatic rings. The van der Waals surface area contributed by atoms with Gasteiger partial charge in [-0.25, -0.2) is 0 Å². The second-order valence-electron chi connectivity index (χ2n) is 5.59. The molecule has 1 amide bonds. The van der Waals surface area contributed by atoms with Crippen LogP contribution in [0.3, 0.4) is 0 Å². The standard InChI is InChI=1S/C16H20ClN3O3/c17-13-3-1-12(2-4-13)14-11-15(23-19-14)16(21)18-5-6-20-7-9-22-10-8-20/h1-4,15H,5-11H2,(H,18,21)/t15-/m1/s1. The number of hydrogen-bond acceptors (Lipinski definition) is 5. The first-order valence-corrected chi connectivity index (χ1v) is 8.16. The predicted octanol–water partition coefficient (Wildman–Crippen LogP) is 1.28. The molecule has 7 heteroatoms. The van der Waals surface area contributed by atoms with Crippen molar-refractivity contribution >= 4 is 23.2 Å². The van der Waals surface area contributed by atoms with E-state index < -0.39 is 6.10 Å². The fraction of sp³-hybridized carbons (Fsp3) is 0.500. The number of nitrogens with zero attached hydrogens (tertiary/aromatic N) is 2. The fourth-order valence-corrected chi connectivity index (χ4v) is 2.73. The Balaban J connectivity index is 1.42. The van der Waals surface area contributed by atoms with Gasteiger partial charge in [-0.15, -0.1) is 0 Å². The highest BCUT2D eigenvalue weighted by molar-refractivity contribution is 6.30. The van der Waals surface area contributed by atoms with Crippen LogP contribution in [-0.2, 0) is 14.4 Å². The van der Waals surface area contributed by atoms with Crippen LogP contribution in [-0.4, -0.2) is 62.0 Å². The zero-order valence-electron chi connectivity index (χ0n) is 12.8. The van der Waals surface area contributed by atoms with E-state index in [0.717, 1.165) is 44.1 Å². The molecule has 2 heterocycles. The summed E-state index contributed by atoms with van der Waals surface area (Å²) in [5, 5.41) is 7.61. The average molecular weight is 338 g/mol. The van der Waals surface area contributed by atoms with Crippen LogP contribution < -0.4 is 5.32 Å². The Morgan fingerprint density at radius 2 is 2.04 bits per heavy atom. The summed E-state index contributed by atoms with van der Waals surface area (Å²) in [7, 11) is 0. The molecule has 0 spiro atoms. The summed E-state index contributed by atoms with van der Waals surface area (Å²) in [4.78, 5) is 19.7. The predicted molar refractivity (Wildman–Crippen MR) is 87.7 cm³/mol. The third-order valence-electron chi connectivity index (χ3n) is 3.97. The van der Waals surface area contributed by atoms with E-state index in [4.69, 9.17) is 21.2 Å². The molecule has 6 nitrogen and oxygen atoms in total. The van der Waals surface area contributed by atoms with E-state index in [9.17, 15) is 4.79 Å². The smallest absolute Gasteiger partial charge is 0.264 e. The van der Waals surface area contributed by atoms with Crippen molar-refractivity contribution in [3.8, 4) is 0 Å². The van der Waals surface area contributed by atoms with Crippen molar-refractivity contribution in [2.45, 2.75) is 12.5 Å². The second kappa shape index (κ2) is 7.77. The molecule has 0 radical (unpaired) electrons. The van der Waals surface area contributed by atoms with Crippen molar-refractivity contribution in [2.75, 3.05) is 39.4 Å². The summed E-state index contributed by atoms with van der Waals surface area (Å²) in [6, 6.07) is 7.36. The quantitative estimate of drug-likeness (QED) is 0.879. The van der Waals surface area contributed by atoms with Crippen molar-refractivity contribution in [3.05, 3.63) is 34.9 Å². The van der Waals surface area contributed by atoms with Crippen LogP contribution in [0.5, 0.6) is 0 Å². The largest absolute Gasteiger partial charge is 0.382 e. The highest BCUT2D eigenvalue weighted by Crippen LogP contribution is 2.18. The van der Waals surface area contributed by atoms with Crippen molar-refractivity contribution in [3.63, 3.8) is 0 Å². The van der Waals surface area contributed by atoms with Gasteiger partial charge in [0.1, 0.15) is 0 Å². The van der Waals surface area contributed by atoms with Crippen molar-refractivity contribution in [1.82, 2.24) is 10.2 Å². The molecule has 1 atom stereocenters. The average Bonchev–Trinajstić information content (AvgIpc) is 3.06. The molecule has 1 aromatic carbocycles. The van der Waals surface area contributed by atoms with Gasteiger partial charge in [-0.05, 0) is 17.7 Å². The van der Waals surface area contributed by atoms with Crippen LogP contribution >= 0.6 is 11.6 Å². The van der Waals surface area contributed by atoms with Gasteiger partial charge < -0.3 is 14.9 Å².